The summed E-state index contributed by atoms with van der Waals surface area (Å²) in [5.41, 5.74) is 2.17. The smallest absolute Gasteiger partial charge is 0.178 e. The van der Waals surface area contributed by atoms with E-state index in [4.69, 9.17) is 0 Å². The molecule has 0 radical (unpaired) electrons. The van der Waals surface area contributed by atoms with E-state index in [1.54, 1.807) is 6.07 Å². The van der Waals surface area contributed by atoms with Gasteiger partial charge < -0.3 is 5.32 Å². The normalized spacial score (nSPS) is 21.8. The average molecular weight is 295 g/mol. The van der Waals surface area contributed by atoms with Crippen LogP contribution in [-0.2, 0) is 9.84 Å². The topological polar surface area (TPSA) is 46.2 Å². The van der Waals surface area contributed by atoms with Gasteiger partial charge in [0.1, 0.15) is 0 Å². The van der Waals surface area contributed by atoms with Gasteiger partial charge in [0.25, 0.3) is 0 Å². The molecule has 1 heterocycles. The number of fused-ring (bicyclic) bond motifs is 1. The molecule has 0 bridgehead atoms. The molecule has 0 fully saturated rings. The Labute approximate surface area is 122 Å². The average Bonchev–Trinajstić information content (AvgIpc) is 2.46. The van der Waals surface area contributed by atoms with Gasteiger partial charge in [-0.25, -0.2) is 8.42 Å². The van der Waals surface area contributed by atoms with Crippen LogP contribution in [0.4, 0.5) is 0 Å². The maximum atomic E-state index is 12.4. The summed E-state index contributed by atoms with van der Waals surface area (Å²) >= 11 is 0. The number of benzene rings is 1. The van der Waals surface area contributed by atoms with Crippen molar-refractivity contribution in [2.24, 2.45) is 0 Å². The first kappa shape index (κ1) is 15.5. The zero-order valence-corrected chi connectivity index (χ0v) is 13.6. The summed E-state index contributed by atoms with van der Waals surface area (Å²) in [5, 5.41) is 3.52. The molecule has 1 aliphatic rings. The number of hydrogen-bond acceptors (Lipinski definition) is 3. The molecule has 1 aromatic rings. The van der Waals surface area contributed by atoms with Crippen LogP contribution >= 0.6 is 0 Å². The molecule has 1 aromatic carbocycles. The largest absolute Gasteiger partial charge is 0.308 e. The molecule has 1 N–H and O–H groups in total. The molecule has 0 spiro atoms. The molecule has 0 saturated carbocycles. The first-order valence-corrected chi connectivity index (χ1v) is 9.09. The molecule has 4 heteroatoms. The predicted molar refractivity (Wildman–Crippen MR) is 82.8 cm³/mol. The third-order valence-electron chi connectivity index (χ3n) is 3.85. The lowest BCUT2D eigenvalue weighted by Gasteiger charge is -2.22. The molecule has 0 aliphatic carbocycles. The highest BCUT2D eigenvalue weighted by molar-refractivity contribution is 7.91. The van der Waals surface area contributed by atoms with E-state index in [0.29, 0.717) is 16.9 Å². The van der Waals surface area contributed by atoms with Gasteiger partial charge in [0.2, 0.25) is 0 Å². The van der Waals surface area contributed by atoms with Crippen molar-refractivity contribution in [3.63, 3.8) is 0 Å². The lowest BCUT2D eigenvalue weighted by atomic mass is 9.95. The van der Waals surface area contributed by atoms with E-state index < -0.39 is 9.84 Å². The van der Waals surface area contributed by atoms with Gasteiger partial charge in [-0.1, -0.05) is 39.8 Å². The number of sulfone groups is 1. The first-order valence-electron chi connectivity index (χ1n) is 7.44. The highest BCUT2D eigenvalue weighted by atomic mass is 32.2. The fraction of sp³-hybridized carbons (Fsp3) is 0.625. The van der Waals surface area contributed by atoms with Crippen molar-refractivity contribution in [1.82, 2.24) is 5.32 Å². The number of nitrogens with one attached hydrogen (secondary N) is 1. The Hall–Kier alpha value is -0.870. The Balaban J connectivity index is 2.55. The summed E-state index contributed by atoms with van der Waals surface area (Å²) in [7, 11) is -3.13. The summed E-state index contributed by atoms with van der Waals surface area (Å²) in [4.78, 5) is 0.526. The fourth-order valence-corrected chi connectivity index (χ4v) is 4.40. The highest BCUT2D eigenvalue weighted by Crippen LogP contribution is 2.33. The SMILES string of the molecule is CC(C)NC1CCCS(=O)(=O)c2ccc(C(C)C)cc21. The Morgan fingerprint density at radius 2 is 1.90 bits per heavy atom. The molecule has 20 heavy (non-hydrogen) atoms. The van der Waals surface area contributed by atoms with E-state index in [1.165, 1.54) is 5.56 Å². The van der Waals surface area contributed by atoms with Crippen molar-refractivity contribution in [2.75, 3.05) is 5.75 Å². The lowest BCUT2D eigenvalue weighted by molar-refractivity contribution is 0.447. The van der Waals surface area contributed by atoms with Crippen LogP contribution in [0.15, 0.2) is 23.1 Å². The van der Waals surface area contributed by atoms with Gasteiger partial charge in [-0.3, -0.25) is 0 Å². The van der Waals surface area contributed by atoms with E-state index in [2.05, 4.69) is 39.1 Å². The summed E-state index contributed by atoms with van der Waals surface area (Å²) in [6.07, 6.45) is 1.60. The van der Waals surface area contributed by atoms with E-state index in [0.717, 1.165) is 18.4 Å². The van der Waals surface area contributed by atoms with Crippen molar-refractivity contribution < 1.29 is 8.42 Å². The van der Waals surface area contributed by atoms with Gasteiger partial charge in [0, 0.05) is 12.1 Å². The van der Waals surface area contributed by atoms with Gasteiger partial charge >= 0.3 is 0 Å². The maximum Gasteiger partial charge on any atom is 0.178 e. The summed E-state index contributed by atoms with van der Waals surface area (Å²) in [6.45, 7) is 8.48. The van der Waals surface area contributed by atoms with Crippen molar-refractivity contribution in [3.05, 3.63) is 29.3 Å². The standard InChI is InChI=1S/C16H25NO2S/c1-11(2)13-7-8-16-14(10-13)15(17-12(3)4)6-5-9-20(16,18)19/h7-8,10-12,15,17H,5-6,9H2,1-4H3. The first-order chi connectivity index (χ1) is 9.31. The van der Waals surface area contributed by atoms with Crippen LogP contribution in [0.2, 0.25) is 0 Å². The molecule has 1 aliphatic heterocycles. The van der Waals surface area contributed by atoms with E-state index in [9.17, 15) is 8.42 Å². The van der Waals surface area contributed by atoms with Crippen molar-refractivity contribution in [1.29, 1.82) is 0 Å². The molecule has 0 saturated heterocycles. The summed E-state index contributed by atoms with van der Waals surface area (Å²) in [6, 6.07) is 6.33. The van der Waals surface area contributed by atoms with E-state index >= 15 is 0 Å². The second kappa shape index (κ2) is 5.86. The number of rotatable bonds is 3. The van der Waals surface area contributed by atoms with Crippen LogP contribution in [-0.4, -0.2) is 20.2 Å². The Kier molecular flexibility index (Phi) is 4.55. The van der Waals surface area contributed by atoms with E-state index in [1.807, 2.05) is 6.07 Å². The van der Waals surface area contributed by atoms with Crippen LogP contribution in [0.25, 0.3) is 0 Å². The van der Waals surface area contributed by atoms with Gasteiger partial charge in [-0.05, 0) is 36.0 Å². The van der Waals surface area contributed by atoms with Crippen molar-refractivity contribution >= 4 is 9.84 Å². The zero-order valence-electron chi connectivity index (χ0n) is 12.8. The van der Waals surface area contributed by atoms with Crippen LogP contribution < -0.4 is 5.32 Å². The molecule has 1 atom stereocenters. The van der Waals surface area contributed by atoms with Gasteiger partial charge in [0.15, 0.2) is 9.84 Å². The minimum absolute atomic E-state index is 0.140. The number of hydrogen-bond donors (Lipinski definition) is 1. The lowest BCUT2D eigenvalue weighted by Crippen LogP contribution is -2.28. The maximum absolute atomic E-state index is 12.4. The summed E-state index contributed by atoms with van der Waals surface area (Å²) in [5.74, 6) is 0.670. The van der Waals surface area contributed by atoms with Gasteiger partial charge in [-0.15, -0.1) is 0 Å². The molecule has 0 amide bonds. The third-order valence-corrected chi connectivity index (χ3v) is 5.72. The van der Waals surface area contributed by atoms with Gasteiger partial charge in [-0.2, -0.15) is 0 Å². The zero-order chi connectivity index (χ0) is 14.9. The molecule has 0 aromatic heterocycles. The monoisotopic (exact) mass is 295 g/mol. The minimum atomic E-state index is -3.13. The third kappa shape index (κ3) is 3.23. The van der Waals surface area contributed by atoms with Crippen LogP contribution in [0, 0.1) is 0 Å². The van der Waals surface area contributed by atoms with Crippen molar-refractivity contribution in [2.45, 2.75) is 63.4 Å². The van der Waals surface area contributed by atoms with Gasteiger partial charge in [0.05, 0.1) is 10.6 Å². The van der Waals surface area contributed by atoms with Crippen LogP contribution in [0.5, 0.6) is 0 Å². The van der Waals surface area contributed by atoms with Crippen LogP contribution in [0.1, 0.15) is 63.6 Å². The van der Waals surface area contributed by atoms with E-state index in [-0.39, 0.29) is 11.8 Å². The second-order valence-corrected chi connectivity index (χ2v) is 8.36. The predicted octanol–water partition coefficient (Wildman–Crippen LogP) is 3.42. The highest BCUT2D eigenvalue weighted by Gasteiger charge is 2.28. The molecule has 112 valence electrons. The molecule has 1 unspecified atom stereocenters. The van der Waals surface area contributed by atoms with Crippen molar-refractivity contribution in [3.8, 4) is 0 Å². The summed E-state index contributed by atoms with van der Waals surface area (Å²) < 4.78 is 24.8. The Bertz CT molecular complexity index is 576. The molecule has 3 nitrogen and oxygen atoms in total. The minimum Gasteiger partial charge on any atom is -0.308 e. The molecule has 2 rings (SSSR count). The Morgan fingerprint density at radius 3 is 2.50 bits per heavy atom. The second-order valence-electron chi connectivity index (χ2n) is 6.29. The molecular formula is C16H25NO2S. The Morgan fingerprint density at radius 1 is 1.20 bits per heavy atom. The van der Waals surface area contributed by atoms with Crippen LogP contribution in [0.3, 0.4) is 0 Å². The quantitative estimate of drug-likeness (QED) is 0.929. The fourth-order valence-electron chi connectivity index (χ4n) is 2.80. The molecular weight excluding hydrogens is 270 g/mol.